The molecule has 7 heteroatoms. The molecule has 112 valence electrons. The second-order valence-corrected chi connectivity index (χ2v) is 5.70. The van der Waals surface area contributed by atoms with Gasteiger partial charge in [0.2, 0.25) is 6.29 Å². The highest BCUT2D eigenvalue weighted by Gasteiger charge is 2.71. The summed E-state index contributed by atoms with van der Waals surface area (Å²) >= 11 is 0. The van der Waals surface area contributed by atoms with Gasteiger partial charge in [-0.25, -0.2) is 4.79 Å². The van der Waals surface area contributed by atoms with E-state index >= 15 is 0 Å². The molecule has 2 saturated heterocycles. The predicted octanol–water partition coefficient (Wildman–Crippen LogP) is 0.282. The fraction of sp³-hybridized carbons (Fsp3) is 0.846. The maximum atomic E-state index is 11.9. The number of carbonyl (C=O) groups is 2. The van der Waals surface area contributed by atoms with E-state index in [9.17, 15) is 9.59 Å². The third-order valence-corrected chi connectivity index (χ3v) is 4.77. The van der Waals surface area contributed by atoms with Crippen LogP contribution in [-0.2, 0) is 23.7 Å². The molecule has 0 aromatic rings. The molecule has 1 saturated carbocycles. The Hall–Kier alpha value is -1.34. The van der Waals surface area contributed by atoms with Crippen LogP contribution in [0.1, 0.15) is 13.3 Å². The lowest BCUT2D eigenvalue weighted by Gasteiger charge is -2.40. The Bertz CT molecular complexity index is 441. The summed E-state index contributed by atoms with van der Waals surface area (Å²) in [5.41, 5.74) is -0.365. The van der Waals surface area contributed by atoms with Crippen LogP contribution in [0.4, 0.5) is 4.79 Å². The molecule has 20 heavy (non-hydrogen) atoms. The van der Waals surface area contributed by atoms with Crippen LogP contribution in [0.5, 0.6) is 0 Å². The largest absolute Gasteiger partial charge is 0.469 e. The molecule has 7 nitrogen and oxygen atoms in total. The number of rotatable bonds is 2. The highest BCUT2D eigenvalue weighted by molar-refractivity contribution is 5.73. The highest BCUT2D eigenvalue weighted by Crippen LogP contribution is 2.61. The number of hydrogen-bond acceptors (Lipinski definition) is 6. The average Bonchev–Trinajstić information content (AvgIpc) is 3.00. The molecule has 1 aliphatic carbocycles. The molecule has 0 radical (unpaired) electrons. The van der Waals surface area contributed by atoms with Crippen LogP contribution in [0.2, 0.25) is 0 Å². The number of alkyl carbamates (subject to hydrolysis) is 1. The normalized spacial score (nSPS) is 45.0. The van der Waals surface area contributed by atoms with Crippen LogP contribution < -0.4 is 5.32 Å². The van der Waals surface area contributed by atoms with Crippen LogP contribution in [0.3, 0.4) is 0 Å². The van der Waals surface area contributed by atoms with Gasteiger partial charge in [0.25, 0.3) is 0 Å². The average molecular weight is 285 g/mol. The van der Waals surface area contributed by atoms with Gasteiger partial charge < -0.3 is 24.3 Å². The number of ether oxygens (including phenoxy) is 4. The van der Waals surface area contributed by atoms with Gasteiger partial charge in [-0.3, -0.25) is 4.79 Å². The highest BCUT2D eigenvalue weighted by atomic mass is 16.7. The number of hydrogen-bond donors (Lipinski definition) is 1. The van der Waals surface area contributed by atoms with Crippen LogP contribution >= 0.6 is 0 Å². The molecule has 3 aliphatic rings. The molecule has 1 N–H and O–H groups in total. The Balaban J connectivity index is 1.80. The minimum atomic E-state index is -0.682. The summed E-state index contributed by atoms with van der Waals surface area (Å²) in [5.74, 6) is -0.664. The van der Waals surface area contributed by atoms with Crippen LogP contribution in [0.25, 0.3) is 0 Å². The predicted molar refractivity (Wildman–Crippen MR) is 65.7 cm³/mol. The lowest BCUT2D eigenvalue weighted by molar-refractivity contribution is -0.214. The Morgan fingerprint density at radius 2 is 2.15 bits per heavy atom. The molecule has 2 aliphatic heterocycles. The van der Waals surface area contributed by atoms with E-state index in [4.69, 9.17) is 18.9 Å². The zero-order valence-electron chi connectivity index (χ0n) is 11.8. The fourth-order valence-corrected chi connectivity index (χ4v) is 3.65. The molecule has 0 bridgehead atoms. The summed E-state index contributed by atoms with van der Waals surface area (Å²) in [6.07, 6.45) is -0.337. The van der Waals surface area contributed by atoms with Crippen molar-refractivity contribution in [2.45, 2.75) is 31.3 Å². The van der Waals surface area contributed by atoms with Gasteiger partial charge in [0.15, 0.2) is 0 Å². The van der Waals surface area contributed by atoms with Crippen molar-refractivity contribution in [2.24, 2.45) is 17.8 Å². The van der Waals surface area contributed by atoms with Crippen molar-refractivity contribution in [3.8, 4) is 0 Å². The van der Waals surface area contributed by atoms with Crippen molar-refractivity contribution in [3.05, 3.63) is 0 Å². The summed E-state index contributed by atoms with van der Waals surface area (Å²) in [5, 5.41) is 2.40. The van der Waals surface area contributed by atoms with Crippen molar-refractivity contribution >= 4 is 12.1 Å². The number of methoxy groups -OCH3 is 1. The van der Waals surface area contributed by atoms with E-state index in [2.05, 4.69) is 5.32 Å². The zero-order valence-corrected chi connectivity index (χ0v) is 11.8. The van der Waals surface area contributed by atoms with Gasteiger partial charge in [0.05, 0.1) is 31.7 Å². The van der Waals surface area contributed by atoms with Crippen molar-refractivity contribution in [1.29, 1.82) is 0 Å². The van der Waals surface area contributed by atoms with E-state index in [1.807, 2.05) is 6.92 Å². The fourth-order valence-electron chi connectivity index (χ4n) is 3.65. The van der Waals surface area contributed by atoms with Crippen molar-refractivity contribution < 1.29 is 28.5 Å². The maximum Gasteiger partial charge on any atom is 0.409 e. The number of esters is 1. The summed E-state index contributed by atoms with van der Waals surface area (Å²) in [6.45, 7) is 2.18. The molecule has 3 rings (SSSR count). The molecule has 3 fully saturated rings. The first-order valence-corrected chi connectivity index (χ1v) is 6.77. The molecular formula is C13H19NO6. The summed E-state index contributed by atoms with van der Waals surface area (Å²) in [7, 11) is 2.87. The number of carbonyl (C=O) groups excluding carboxylic acids is 2. The smallest absolute Gasteiger partial charge is 0.409 e. The van der Waals surface area contributed by atoms with Gasteiger partial charge in [0.1, 0.15) is 5.60 Å². The second kappa shape index (κ2) is 4.60. The minimum absolute atomic E-state index is 0.0645. The molecule has 0 spiro atoms. The summed E-state index contributed by atoms with van der Waals surface area (Å²) < 4.78 is 21.4. The van der Waals surface area contributed by atoms with Crippen molar-refractivity contribution in [2.75, 3.05) is 20.8 Å². The van der Waals surface area contributed by atoms with E-state index in [1.54, 1.807) is 0 Å². The van der Waals surface area contributed by atoms with Crippen LogP contribution in [-0.4, -0.2) is 50.8 Å². The second-order valence-electron chi connectivity index (χ2n) is 5.70. The first kappa shape index (κ1) is 13.6. The van der Waals surface area contributed by atoms with Gasteiger partial charge in [-0.1, -0.05) is 0 Å². The number of nitrogens with one attached hydrogen (secondary N) is 1. The van der Waals surface area contributed by atoms with Crippen molar-refractivity contribution in [3.63, 3.8) is 0 Å². The Morgan fingerprint density at radius 3 is 2.80 bits per heavy atom. The first-order chi connectivity index (χ1) is 9.51. The van der Waals surface area contributed by atoms with Crippen LogP contribution in [0, 0.1) is 17.8 Å². The molecule has 1 unspecified atom stereocenters. The summed E-state index contributed by atoms with van der Waals surface area (Å²) in [4.78, 5) is 23.3. The van der Waals surface area contributed by atoms with E-state index in [1.165, 1.54) is 14.2 Å². The molecule has 6 atom stereocenters. The van der Waals surface area contributed by atoms with Gasteiger partial charge in [-0.15, -0.1) is 0 Å². The molecule has 1 amide bonds. The monoisotopic (exact) mass is 285 g/mol. The zero-order chi connectivity index (χ0) is 14.5. The number of epoxide rings is 1. The van der Waals surface area contributed by atoms with E-state index < -0.39 is 12.4 Å². The van der Waals surface area contributed by atoms with Gasteiger partial charge in [-0.2, -0.15) is 0 Å². The third kappa shape index (κ3) is 1.88. The summed E-state index contributed by atoms with van der Waals surface area (Å²) in [6, 6.07) is 0. The standard InChI is InChI=1S/C13H19NO6/c1-13-8(20-13)4-6-7(10(15)17-3)5-18-11(9(6)13)19-12(16)14-2/h6-9,11H,4-5H2,1-3H3,(H,14,16)/t6-,7+,8+,9+,11+,13?/m1/s1. The molecular weight excluding hydrogens is 266 g/mol. The molecule has 0 aromatic heterocycles. The van der Waals surface area contributed by atoms with Crippen molar-refractivity contribution in [1.82, 2.24) is 5.32 Å². The number of amides is 1. The Kier molecular flexibility index (Phi) is 3.13. The van der Waals surface area contributed by atoms with E-state index in [0.717, 1.165) is 6.42 Å². The van der Waals surface area contributed by atoms with E-state index in [-0.39, 0.29) is 42.0 Å². The molecule has 0 aromatic carbocycles. The number of fused-ring (bicyclic) bond motifs is 3. The van der Waals surface area contributed by atoms with Gasteiger partial charge in [0, 0.05) is 7.05 Å². The lowest BCUT2D eigenvalue weighted by atomic mass is 9.78. The van der Waals surface area contributed by atoms with Crippen LogP contribution in [0.15, 0.2) is 0 Å². The van der Waals surface area contributed by atoms with Gasteiger partial charge in [-0.05, 0) is 19.3 Å². The SMILES string of the molecule is CNC(=O)O[C@@H]1OC[C@H](C(=O)OC)[C@H]2C[C@@H]3OC3(C)[C@H]12. The lowest BCUT2D eigenvalue weighted by Crippen LogP contribution is -2.50. The Labute approximate surface area is 116 Å². The maximum absolute atomic E-state index is 11.9. The topological polar surface area (TPSA) is 86.4 Å². The quantitative estimate of drug-likeness (QED) is 0.579. The third-order valence-electron chi connectivity index (χ3n) is 4.77. The minimum Gasteiger partial charge on any atom is -0.469 e. The molecule has 2 heterocycles. The Morgan fingerprint density at radius 1 is 1.40 bits per heavy atom. The van der Waals surface area contributed by atoms with Gasteiger partial charge >= 0.3 is 12.1 Å². The van der Waals surface area contributed by atoms with E-state index in [0.29, 0.717) is 0 Å². The first-order valence-electron chi connectivity index (χ1n) is 6.77.